The molecule has 1 aliphatic rings. The summed E-state index contributed by atoms with van der Waals surface area (Å²) in [6.07, 6.45) is 5.36. The van der Waals surface area contributed by atoms with Gasteiger partial charge in [0.25, 0.3) is 5.56 Å². The van der Waals surface area contributed by atoms with E-state index >= 15 is 0 Å². The fraction of sp³-hybridized carbons (Fsp3) is 0.600. The van der Waals surface area contributed by atoms with Gasteiger partial charge in [-0.15, -0.1) is 0 Å². The molecule has 0 aromatic carbocycles. The number of nitrogens with zero attached hydrogens (tertiary/aromatic N) is 2. The minimum atomic E-state index is -0.891. The van der Waals surface area contributed by atoms with Crippen LogP contribution in [0.3, 0.4) is 0 Å². The Morgan fingerprint density at radius 2 is 2.05 bits per heavy atom. The zero-order valence-corrected chi connectivity index (χ0v) is 12.5. The number of carbonyl (C=O) groups excluding carboxylic acids is 1. The first-order chi connectivity index (χ1) is 10.6. The summed E-state index contributed by atoms with van der Waals surface area (Å²) < 4.78 is 1.19. The lowest BCUT2D eigenvalue weighted by molar-refractivity contribution is -0.137. The van der Waals surface area contributed by atoms with Crippen LogP contribution >= 0.6 is 0 Å². The number of aryl methyl sites for hydroxylation is 2. The van der Waals surface area contributed by atoms with E-state index in [9.17, 15) is 14.4 Å². The maximum absolute atomic E-state index is 12.0. The van der Waals surface area contributed by atoms with Crippen molar-refractivity contribution in [1.82, 2.24) is 15.1 Å². The van der Waals surface area contributed by atoms with E-state index < -0.39 is 5.97 Å². The quantitative estimate of drug-likeness (QED) is 0.588. The van der Waals surface area contributed by atoms with Gasteiger partial charge in [-0.2, -0.15) is 5.10 Å². The topological polar surface area (TPSA) is 101 Å². The highest BCUT2D eigenvalue weighted by Crippen LogP contribution is 2.16. The van der Waals surface area contributed by atoms with Gasteiger partial charge in [0.15, 0.2) is 0 Å². The maximum Gasteiger partial charge on any atom is 0.303 e. The van der Waals surface area contributed by atoms with Crippen LogP contribution in [0.2, 0.25) is 0 Å². The largest absolute Gasteiger partial charge is 0.481 e. The van der Waals surface area contributed by atoms with Crippen molar-refractivity contribution in [2.75, 3.05) is 6.54 Å². The van der Waals surface area contributed by atoms with E-state index in [0.29, 0.717) is 6.42 Å². The number of fused-ring (bicyclic) bond motifs is 1. The lowest BCUT2D eigenvalue weighted by Gasteiger charge is -2.10. The Morgan fingerprint density at radius 3 is 2.82 bits per heavy atom. The molecule has 2 N–H and O–H groups in total. The fourth-order valence-electron chi connectivity index (χ4n) is 2.55. The molecule has 0 radical (unpaired) electrons. The Bertz CT molecular complexity index is 609. The lowest BCUT2D eigenvalue weighted by Crippen LogP contribution is -2.34. The summed E-state index contributed by atoms with van der Waals surface area (Å²) in [5.41, 5.74) is 1.65. The standard InChI is InChI=1S/C15H21N3O4/c19-13(16-8-4-7-15(21)22)10-18-14(20)9-11-5-2-1-3-6-12(11)17-18/h9H,1-8,10H2,(H,16,19)(H,21,22). The minimum Gasteiger partial charge on any atom is -0.481 e. The molecule has 22 heavy (non-hydrogen) atoms. The SMILES string of the molecule is O=C(O)CCCNC(=O)Cn1nc2c(cc1=O)CCCCC2. The Morgan fingerprint density at radius 1 is 1.27 bits per heavy atom. The predicted octanol–water partition coefficient (Wildman–Crippen LogP) is 0.493. The average molecular weight is 307 g/mol. The molecule has 120 valence electrons. The number of rotatable bonds is 6. The summed E-state index contributed by atoms with van der Waals surface area (Å²) in [5, 5.41) is 15.4. The van der Waals surface area contributed by atoms with Crippen LogP contribution in [-0.2, 0) is 29.0 Å². The highest BCUT2D eigenvalue weighted by molar-refractivity contribution is 5.75. The highest BCUT2D eigenvalue weighted by Gasteiger charge is 2.13. The molecule has 1 aromatic rings. The second kappa shape index (κ2) is 7.72. The van der Waals surface area contributed by atoms with E-state index in [1.807, 2.05) is 0 Å². The number of carboxylic acid groups (broad SMARTS) is 1. The van der Waals surface area contributed by atoms with Gasteiger partial charge < -0.3 is 10.4 Å². The van der Waals surface area contributed by atoms with Gasteiger partial charge in [-0.3, -0.25) is 14.4 Å². The van der Waals surface area contributed by atoms with E-state index in [-0.39, 0.29) is 31.0 Å². The molecule has 0 atom stereocenters. The number of carbonyl (C=O) groups is 2. The minimum absolute atomic E-state index is 0.0112. The van der Waals surface area contributed by atoms with Crippen LogP contribution in [0.5, 0.6) is 0 Å². The summed E-state index contributed by atoms with van der Waals surface area (Å²) in [4.78, 5) is 34.2. The smallest absolute Gasteiger partial charge is 0.303 e. The second-order valence-electron chi connectivity index (χ2n) is 5.52. The van der Waals surface area contributed by atoms with Gasteiger partial charge in [0, 0.05) is 19.0 Å². The normalized spacial score (nSPS) is 14.0. The molecule has 7 nitrogen and oxygen atoms in total. The zero-order valence-electron chi connectivity index (χ0n) is 12.5. The first-order valence-electron chi connectivity index (χ1n) is 7.64. The molecule has 1 aromatic heterocycles. The van der Waals surface area contributed by atoms with Crippen molar-refractivity contribution in [1.29, 1.82) is 0 Å². The fourth-order valence-corrected chi connectivity index (χ4v) is 2.55. The van der Waals surface area contributed by atoms with Gasteiger partial charge >= 0.3 is 5.97 Å². The number of aliphatic carboxylic acids is 1. The number of amides is 1. The van der Waals surface area contributed by atoms with E-state index in [1.165, 1.54) is 4.68 Å². The van der Waals surface area contributed by atoms with Crippen molar-refractivity contribution in [3.63, 3.8) is 0 Å². The first kappa shape index (κ1) is 16.2. The van der Waals surface area contributed by atoms with Crippen LogP contribution in [0.15, 0.2) is 10.9 Å². The Labute approximate surface area is 128 Å². The van der Waals surface area contributed by atoms with Crippen molar-refractivity contribution in [2.45, 2.75) is 51.5 Å². The lowest BCUT2D eigenvalue weighted by atomic mass is 10.1. The van der Waals surface area contributed by atoms with E-state index in [1.54, 1.807) is 6.07 Å². The van der Waals surface area contributed by atoms with Gasteiger partial charge in [0.2, 0.25) is 5.91 Å². The summed E-state index contributed by atoms with van der Waals surface area (Å²) in [7, 11) is 0. The Hall–Kier alpha value is -2.18. The third-order valence-electron chi connectivity index (χ3n) is 3.71. The predicted molar refractivity (Wildman–Crippen MR) is 79.6 cm³/mol. The summed E-state index contributed by atoms with van der Waals surface area (Å²) in [6.45, 7) is 0.157. The number of nitrogens with one attached hydrogen (secondary N) is 1. The van der Waals surface area contributed by atoms with Crippen LogP contribution in [-0.4, -0.2) is 33.3 Å². The third-order valence-corrected chi connectivity index (χ3v) is 3.71. The van der Waals surface area contributed by atoms with Gasteiger partial charge in [0.1, 0.15) is 6.54 Å². The second-order valence-corrected chi connectivity index (χ2v) is 5.52. The van der Waals surface area contributed by atoms with Crippen LogP contribution in [0.4, 0.5) is 0 Å². The number of carboxylic acids is 1. The number of aromatic nitrogens is 2. The van der Waals surface area contributed by atoms with Crippen molar-refractivity contribution in [3.8, 4) is 0 Å². The van der Waals surface area contributed by atoms with Crippen molar-refractivity contribution < 1.29 is 14.7 Å². The summed E-state index contributed by atoms with van der Waals surface area (Å²) >= 11 is 0. The summed E-state index contributed by atoms with van der Waals surface area (Å²) in [5.74, 6) is -1.22. The molecule has 1 heterocycles. The van der Waals surface area contributed by atoms with E-state index in [0.717, 1.165) is 43.4 Å². The van der Waals surface area contributed by atoms with Crippen molar-refractivity contribution in [3.05, 3.63) is 27.7 Å². The third kappa shape index (κ3) is 4.68. The molecule has 0 bridgehead atoms. The highest BCUT2D eigenvalue weighted by atomic mass is 16.4. The van der Waals surface area contributed by atoms with Gasteiger partial charge in [-0.05, 0) is 37.7 Å². The average Bonchev–Trinajstić information content (AvgIpc) is 2.69. The molecule has 0 unspecified atom stereocenters. The number of hydrogen-bond acceptors (Lipinski definition) is 4. The molecular formula is C15H21N3O4. The van der Waals surface area contributed by atoms with Crippen LogP contribution in [0, 0.1) is 0 Å². The monoisotopic (exact) mass is 307 g/mol. The molecule has 1 aliphatic carbocycles. The van der Waals surface area contributed by atoms with Gasteiger partial charge in [-0.25, -0.2) is 4.68 Å². The molecular weight excluding hydrogens is 286 g/mol. The van der Waals surface area contributed by atoms with Gasteiger partial charge in [0.05, 0.1) is 5.69 Å². The molecule has 0 saturated carbocycles. The van der Waals surface area contributed by atoms with Crippen LogP contribution in [0.1, 0.15) is 43.4 Å². The van der Waals surface area contributed by atoms with E-state index in [4.69, 9.17) is 5.11 Å². The molecule has 0 saturated heterocycles. The van der Waals surface area contributed by atoms with Crippen molar-refractivity contribution in [2.24, 2.45) is 0 Å². The first-order valence-corrected chi connectivity index (χ1v) is 7.64. The molecule has 1 amide bonds. The van der Waals surface area contributed by atoms with Crippen LogP contribution < -0.4 is 10.9 Å². The maximum atomic E-state index is 12.0. The summed E-state index contributed by atoms with van der Waals surface area (Å²) in [6, 6.07) is 1.59. The number of hydrogen-bond donors (Lipinski definition) is 2. The van der Waals surface area contributed by atoms with Crippen molar-refractivity contribution >= 4 is 11.9 Å². The Kier molecular flexibility index (Phi) is 5.68. The van der Waals surface area contributed by atoms with Gasteiger partial charge in [-0.1, -0.05) is 6.42 Å². The van der Waals surface area contributed by atoms with E-state index in [2.05, 4.69) is 10.4 Å². The molecule has 0 aliphatic heterocycles. The molecule has 0 spiro atoms. The van der Waals surface area contributed by atoms with Crippen LogP contribution in [0.25, 0.3) is 0 Å². The molecule has 7 heteroatoms. The molecule has 2 rings (SSSR count). The molecule has 0 fully saturated rings. The Balaban J connectivity index is 1.94. The zero-order chi connectivity index (χ0) is 15.9.